The van der Waals surface area contributed by atoms with Crippen LogP contribution in [0.4, 0.5) is 0 Å². The fourth-order valence-electron chi connectivity index (χ4n) is 3.58. The molecule has 1 aromatic rings. The Hall–Kier alpha value is -1.02. The van der Waals surface area contributed by atoms with Crippen molar-refractivity contribution in [1.29, 1.82) is 0 Å². The van der Waals surface area contributed by atoms with Gasteiger partial charge in [0.25, 0.3) is 0 Å². The summed E-state index contributed by atoms with van der Waals surface area (Å²) >= 11 is 0. The molecule has 0 saturated carbocycles. The standard InChI is InChI=1S/C16H23NO/c18-16-8-6-7-13-14(16)9-10-15(13)17-11-4-2-1-3-5-12-17/h6-8,15,18H,1-5,9-12H2. The van der Waals surface area contributed by atoms with Crippen molar-refractivity contribution in [1.82, 2.24) is 4.90 Å². The maximum atomic E-state index is 9.93. The van der Waals surface area contributed by atoms with E-state index < -0.39 is 0 Å². The maximum absolute atomic E-state index is 9.93. The Kier molecular flexibility index (Phi) is 3.55. The number of hydrogen-bond donors (Lipinski definition) is 1. The Labute approximate surface area is 110 Å². The van der Waals surface area contributed by atoms with Gasteiger partial charge in [0.2, 0.25) is 0 Å². The fourth-order valence-corrected chi connectivity index (χ4v) is 3.58. The van der Waals surface area contributed by atoms with E-state index in [1.807, 2.05) is 12.1 Å². The van der Waals surface area contributed by atoms with Crippen LogP contribution in [0.2, 0.25) is 0 Å². The number of fused-ring (bicyclic) bond motifs is 1. The molecule has 3 rings (SSSR count). The second-order valence-corrected chi connectivity index (χ2v) is 5.70. The number of benzene rings is 1. The fraction of sp³-hybridized carbons (Fsp3) is 0.625. The van der Waals surface area contributed by atoms with Crippen LogP contribution in [0.3, 0.4) is 0 Å². The lowest BCUT2D eigenvalue weighted by Crippen LogP contribution is -2.30. The Morgan fingerprint density at radius 3 is 2.50 bits per heavy atom. The third-order valence-corrected chi connectivity index (χ3v) is 4.55. The van der Waals surface area contributed by atoms with E-state index in [0.717, 1.165) is 6.42 Å². The number of hydrogen-bond acceptors (Lipinski definition) is 2. The molecular formula is C16H23NO. The lowest BCUT2D eigenvalue weighted by atomic mass is 10.0. The smallest absolute Gasteiger partial charge is 0.119 e. The van der Waals surface area contributed by atoms with Crippen LogP contribution in [-0.4, -0.2) is 23.1 Å². The molecule has 0 amide bonds. The molecule has 0 aromatic heterocycles. The highest BCUT2D eigenvalue weighted by molar-refractivity contribution is 5.44. The molecule has 1 heterocycles. The summed E-state index contributed by atoms with van der Waals surface area (Å²) in [5, 5.41) is 9.93. The molecule has 1 aliphatic heterocycles. The second kappa shape index (κ2) is 5.31. The largest absolute Gasteiger partial charge is 0.508 e. The number of phenols is 1. The molecule has 1 fully saturated rings. The van der Waals surface area contributed by atoms with E-state index in [1.54, 1.807) is 0 Å². The third-order valence-electron chi connectivity index (χ3n) is 4.55. The average molecular weight is 245 g/mol. The van der Waals surface area contributed by atoms with Crippen LogP contribution in [0.15, 0.2) is 18.2 Å². The number of phenolic OH excluding ortho intramolecular Hbond substituents is 1. The van der Waals surface area contributed by atoms with E-state index in [1.165, 1.54) is 62.7 Å². The van der Waals surface area contributed by atoms with Crippen molar-refractivity contribution >= 4 is 0 Å². The van der Waals surface area contributed by atoms with Crippen molar-refractivity contribution in [3.05, 3.63) is 29.3 Å². The number of rotatable bonds is 1. The zero-order chi connectivity index (χ0) is 12.4. The summed E-state index contributed by atoms with van der Waals surface area (Å²) in [6.45, 7) is 2.47. The summed E-state index contributed by atoms with van der Waals surface area (Å²) in [5.41, 5.74) is 2.58. The maximum Gasteiger partial charge on any atom is 0.119 e. The quantitative estimate of drug-likeness (QED) is 0.816. The zero-order valence-corrected chi connectivity index (χ0v) is 11.1. The third kappa shape index (κ3) is 2.26. The van der Waals surface area contributed by atoms with Gasteiger partial charge in [0, 0.05) is 6.04 Å². The van der Waals surface area contributed by atoms with Crippen molar-refractivity contribution in [2.24, 2.45) is 0 Å². The van der Waals surface area contributed by atoms with Gasteiger partial charge in [-0.25, -0.2) is 0 Å². The van der Waals surface area contributed by atoms with Crippen molar-refractivity contribution in [3.8, 4) is 5.75 Å². The van der Waals surface area contributed by atoms with Crippen molar-refractivity contribution in [3.63, 3.8) is 0 Å². The molecule has 2 heteroatoms. The Balaban J connectivity index is 1.80. The SMILES string of the molecule is Oc1cccc2c1CCC2N1CCCCCCC1. The van der Waals surface area contributed by atoms with Gasteiger partial charge in [-0.15, -0.1) is 0 Å². The van der Waals surface area contributed by atoms with E-state index in [0.29, 0.717) is 11.8 Å². The molecule has 0 spiro atoms. The molecule has 98 valence electrons. The van der Waals surface area contributed by atoms with Gasteiger partial charge in [0.05, 0.1) is 0 Å². The molecule has 0 radical (unpaired) electrons. The van der Waals surface area contributed by atoms with Gasteiger partial charge < -0.3 is 5.11 Å². The summed E-state index contributed by atoms with van der Waals surface area (Å²) in [6, 6.07) is 6.60. The first-order valence-electron chi connectivity index (χ1n) is 7.41. The molecule has 2 aliphatic rings. The van der Waals surface area contributed by atoms with Crippen LogP contribution < -0.4 is 0 Å². The number of nitrogens with zero attached hydrogens (tertiary/aromatic N) is 1. The molecule has 1 N–H and O–H groups in total. The first-order chi connectivity index (χ1) is 8.86. The summed E-state index contributed by atoms with van der Waals surface area (Å²) in [5.74, 6) is 0.502. The summed E-state index contributed by atoms with van der Waals surface area (Å²) in [7, 11) is 0. The second-order valence-electron chi connectivity index (χ2n) is 5.70. The molecule has 1 aromatic carbocycles. The first kappa shape index (κ1) is 12.0. The lowest BCUT2D eigenvalue weighted by Gasteiger charge is -2.31. The topological polar surface area (TPSA) is 23.5 Å². The molecule has 1 unspecified atom stereocenters. The van der Waals surface area contributed by atoms with Crippen molar-refractivity contribution in [2.45, 2.75) is 51.0 Å². The van der Waals surface area contributed by atoms with Gasteiger partial charge >= 0.3 is 0 Å². The highest BCUT2D eigenvalue weighted by atomic mass is 16.3. The van der Waals surface area contributed by atoms with Gasteiger partial charge in [-0.2, -0.15) is 0 Å². The van der Waals surface area contributed by atoms with Gasteiger partial charge in [-0.05, 0) is 56.0 Å². The van der Waals surface area contributed by atoms with Gasteiger partial charge in [0.1, 0.15) is 5.75 Å². The average Bonchev–Trinajstić information content (AvgIpc) is 2.74. The van der Waals surface area contributed by atoms with E-state index in [-0.39, 0.29) is 0 Å². The van der Waals surface area contributed by atoms with E-state index in [4.69, 9.17) is 0 Å². The van der Waals surface area contributed by atoms with Crippen molar-refractivity contribution < 1.29 is 5.11 Å². The zero-order valence-electron chi connectivity index (χ0n) is 11.1. The van der Waals surface area contributed by atoms with Crippen LogP contribution in [0.5, 0.6) is 5.75 Å². The Morgan fingerprint density at radius 2 is 1.72 bits per heavy atom. The van der Waals surface area contributed by atoms with Crippen LogP contribution in [0.1, 0.15) is 55.7 Å². The first-order valence-corrected chi connectivity index (χ1v) is 7.41. The molecule has 18 heavy (non-hydrogen) atoms. The number of likely N-dealkylation sites (tertiary alicyclic amines) is 1. The molecule has 1 aliphatic carbocycles. The molecule has 2 nitrogen and oxygen atoms in total. The molecule has 1 saturated heterocycles. The van der Waals surface area contributed by atoms with Crippen LogP contribution in [-0.2, 0) is 6.42 Å². The van der Waals surface area contributed by atoms with E-state index in [9.17, 15) is 5.11 Å². The Bertz CT molecular complexity index is 408. The lowest BCUT2D eigenvalue weighted by molar-refractivity contribution is 0.179. The van der Waals surface area contributed by atoms with Crippen LogP contribution >= 0.6 is 0 Å². The summed E-state index contributed by atoms with van der Waals surface area (Å²) in [6.07, 6.45) is 9.09. The van der Waals surface area contributed by atoms with E-state index >= 15 is 0 Å². The summed E-state index contributed by atoms with van der Waals surface area (Å²) < 4.78 is 0. The highest BCUT2D eigenvalue weighted by Crippen LogP contribution is 2.40. The minimum absolute atomic E-state index is 0.502. The van der Waals surface area contributed by atoms with Crippen LogP contribution in [0, 0.1) is 0 Å². The predicted octanol–water partition coefficient (Wildman–Crippen LogP) is 3.65. The molecule has 0 bridgehead atoms. The monoisotopic (exact) mass is 245 g/mol. The van der Waals surface area contributed by atoms with Crippen molar-refractivity contribution in [2.75, 3.05) is 13.1 Å². The number of aromatic hydroxyl groups is 1. The molecular weight excluding hydrogens is 222 g/mol. The van der Waals surface area contributed by atoms with Gasteiger partial charge in [-0.1, -0.05) is 31.4 Å². The minimum Gasteiger partial charge on any atom is -0.508 e. The Morgan fingerprint density at radius 1 is 1.00 bits per heavy atom. The predicted molar refractivity (Wildman–Crippen MR) is 73.8 cm³/mol. The molecule has 1 atom stereocenters. The van der Waals surface area contributed by atoms with Gasteiger partial charge in [-0.3, -0.25) is 4.90 Å². The van der Waals surface area contributed by atoms with E-state index in [2.05, 4.69) is 11.0 Å². The summed E-state index contributed by atoms with van der Waals surface area (Å²) in [4.78, 5) is 2.66. The van der Waals surface area contributed by atoms with Crippen LogP contribution in [0.25, 0.3) is 0 Å². The normalized spacial score (nSPS) is 25.4. The highest BCUT2D eigenvalue weighted by Gasteiger charge is 2.29. The minimum atomic E-state index is 0.502. The van der Waals surface area contributed by atoms with Gasteiger partial charge in [0.15, 0.2) is 0 Å².